The average Bonchev–Trinajstić information content (AvgIpc) is 2.17. The minimum Gasteiger partial charge on any atom is -0.466 e. The standard InChI is InChI=1S/C11H21NO4/c1-5-15-10(13)7-8(3)12-9(4)11(14)16-6-2/h8-9,12H,5-7H2,1-4H3/t8?,9-/m1/s1. The molecule has 0 aromatic heterocycles. The van der Waals surface area contributed by atoms with E-state index in [1.165, 1.54) is 0 Å². The number of hydrogen-bond donors (Lipinski definition) is 1. The lowest BCUT2D eigenvalue weighted by Gasteiger charge is -2.17. The van der Waals surface area contributed by atoms with E-state index in [1.807, 2.05) is 6.92 Å². The van der Waals surface area contributed by atoms with E-state index in [1.54, 1.807) is 20.8 Å². The molecule has 0 aliphatic rings. The minimum absolute atomic E-state index is 0.113. The summed E-state index contributed by atoms with van der Waals surface area (Å²) in [5.41, 5.74) is 0. The van der Waals surface area contributed by atoms with Gasteiger partial charge in [0.05, 0.1) is 19.6 Å². The first-order valence-electron chi connectivity index (χ1n) is 5.59. The zero-order valence-electron chi connectivity index (χ0n) is 10.4. The van der Waals surface area contributed by atoms with Crippen molar-refractivity contribution >= 4 is 11.9 Å². The molecule has 0 fully saturated rings. The monoisotopic (exact) mass is 231 g/mol. The summed E-state index contributed by atoms with van der Waals surface area (Å²) in [4.78, 5) is 22.4. The van der Waals surface area contributed by atoms with Gasteiger partial charge in [-0.15, -0.1) is 0 Å². The first-order valence-corrected chi connectivity index (χ1v) is 5.59. The molecule has 1 unspecified atom stereocenters. The minimum atomic E-state index is -0.413. The fourth-order valence-corrected chi connectivity index (χ4v) is 1.29. The average molecular weight is 231 g/mol. The van der Waals surface area contributed by atoms with Crippen LogP contribution in [0, 0.1) is 0 Å². The molecule has 0 bridgehead atoms. The van der Waals surface area contributed by atoms with Crippen LogP contribution in [0.25, 0.3) is 0 Å². The second-order valence-corrected chi connectivity index (χ2v) is 3.55. The molecule has 5 nitrogen and oxygen atoms in total. The Morgan fingerprint density at radius 3 is 2.19 bits per heavy atom. The number of rotatable bonds is 7. The molecule has 1 N–H and O–H groups in total. The molecule has 0 radical (unpaired) electrons. The van der Waals surface area contributed by atoms with Crippen LogP contribution in [0.3, 0.4) is 0 Å². The van der Waals surface area contributed by atoms with Crippen molar-refractivity contribution in [2.75, 3.05) is 13.2 Å². The van der Waals surface area contributed by atoms with Crippen molar-refractivity contribution in [1.82, 2.24) is 5.32 Å². The summed E-state index contributed by atoms with van der Waals surface area (Å²) in [7, 11) is 0. The van der Waals surface area contributed by atoms with Crippen molar-refractivity contribution in [1.29, 1.82) is 0 Å². The van der Waals surface area contributed by atoms with E-state index in [0.29, 0.717) is 13.2 Å². The molecule has 0 aliphatic carbocycles. The Kier molecular flexibility index (Phi) is 7.54. The normalized spacial score (nSPS) is 14.0. The first kappa shape index (κ1) is 14.9. The molecule has 2 atom stereocenters. The summed E-state index contributed by atoms with van der Waals surface area (Å²) in [6.45, 7) is 7.78. The van der Waals surface area contributed by atoms with Gasteiger partial charge in [-0.05, 0) is 27.7 Å². The van der Waals surface area contributed by atoms with E-state index in [4.69, 9.17) is 9.47 Å². The van der Waals surface area contributed by atoms with Crippen molar-refractivity contribution in [2.45, 2.75) is 46.2 Å². The summed E-state index contributed by atoms with van der Waals surface area (Å²) in [6, 6.07) is -0.525. The number of hydrogen-bond acceptors (Lipinski definition) is 5. The van der Waals surface area contributed by atoms with E-state index < -0.39 is 6.04 Å². The largest absolute Gasteiger partial charge is 0.466 e. The van der Waals surface area contributed by atoms with Gasteiger partial charge in [0.1, 0.15) is 6.04 Å². The van der Waals surface area contributed by atoms with Crippen LogP contribution >= 0.6 is 0 Å². The smallest absolute Gasteiger partial charge is 0.322 e. The van der Waals surface area contributed by atoms with Crippen molar-refractivity contribution in [3.8, 4) is 0 Å². The molecule has 94 valence electrons. The Labute approximate surface area is 96.5 Å². The van der Waals surface area contributed by atoms with E-state index in [9.17, 15) is 9.59 Å². The molecule has 0 saturated heterocycles. The van der Waals surface area contributed by atoms with E-state index in [2.05, 4.69) is 5.32 Å². The summed E-state index contributed by atoms with van der Waals surface area (Å²) < 4.78 is 9.65. The molecule has 0 spiro atoms. The van der Waals surface area contributed by atoms with Gasteiger partial charge in [0.25, 0.3) is 0 Å². The van der Waals surface area contributed by atoms with E-state index >= 15 is 0 Å². The summed E-state index contributed by atoms with van der Waals surface area (Å²) >= 11 is 0. The van der Waals surface area contributed by atoms with Gasteiger partial charge in [-0.2, -0.15) is 0 Å². The Bertz CT molecular complexity index is 230. The maximum Gasteiger partial charge on any atom is 0.322 e. The molecular weight excluding hydrogens is 210 g/mol. The summed E-state index contributed by atoms with van der Waals surface area (Å²) in [6.07, 6.45) is 0.248. The van der Waals surface area contributed by atoms with Gasteiger partial charge in [-0.3, -0.25) is 9.59 Å². The number of carbonyl (C=O) groups excluding carboxylic acids is 2. The predicted molar refractivity (Wildman–Crippen MR) is 59.9 cm³/mol. The third-order valence-corrected chi connectivity index (χ3v) is 1.95. The van der Waals surface area contributed by atoms with Gasteiger partial charge in [-0.25, -0.2) is 0 Å². The zero-order chi connectivity index (χ0) is 12.6. The lowest BCUT2D eigenvalue weighted by atomic mass is 10.2. The highest BCUT2D eigenvalue weighted by molar-refractivity contribution is 5.75. The van der Waals surface area contributed by atoms with Crippen LogP contribution in [0.4, 0.5) is 0 Å². The Hall–Kier alpha value is -1.10. The molecule has 5 heteroatoms. The highest BCUT2D eigenvalue weighted by atomic mass is 16.5. The predicted octanol–water partition coefficient (Wildman–Crippen LogP) is 0.869. The first-order chi connectivity index (χ1) is 7.51. The number of nitrogens with one attached hydrogen (secondary N) is 1. The van der Waals surface area contributed by atoms with Crippen molar-refractivity contribution in [3.63, 3.8) is 0 Å². The quantitative estimate of drug-likeness (QED) is 0.659. The van der Waals surface area contributed by atoms with Crippen molar-refractivity contribution in [3.05, 3.63) is 0 Å². The van der Waals surface area contributed by atoms with Crippen LogP contribution in [0.5, 0.6) is 0 Å². The molecule has 0 saturated carbocycles. The van der Waals surface area contributed by atoms with E-state index in [0.717, 1.165) is 0 Å². The lowest BCUT2D eigenvalue weighted by Crippen LogP contribution is -2.42. The third kappa shape index (κ3) is 6.40. The molecular formula is C11H21NO4. The number of ether oxygens (including phenoxy) is 2. The van der Waals surface area contributed by atoms with Crippen LogP contribution in [0.1, 0.15) is 34.1 Å². The highest BCUT2D eigenvalue weighted by Gasteiger charge is 2.18. The summed E-state index contributed by atoms with van der Waals surface area (Å²) in [5, 5.41) is 2.98. The van der Waals surface area contributed by atoms with E-state index in [-0.39, 0.29) is 24.4 Å². The Morgan fingerprint density at radius 1 is 1.12 bits per heavy atom. The second-order valence-electron chi connectivity index (χ2n) is 3.55. The molecule has 0 aromatic carbocycles. The highest BCUT2D eigenvalue weighted by Crippen LogP contribution is 1.97. The van der Waals surface area contributed by atoms with Crippen LogP contribution in [-0.4, -0.2) is 37.2 Å². The van der Waals surface area contributed by atoms with Gasteiger partial charge in [-0.1, -0.05) is 0 Å². The Morgan fingerprint density at radius 2 is 1.69 bits per heavy atom. The molecule has 16 heavy (non-hydrogen) atoms. The van der Waals surface area contributed by atoms with Gasteiger partial charge in [0, 0.05) is 6.04 Å². The second kappa shape index (κ2) is 8.10. The van der Waals surface area contributed by atoms with Crippen LogP contribution in [0.2, 0.25) is 0 Å². The van der Waals surface area contributed by atoms with Crippen molar-refractivity contribution < 1.29 is 19.1 Å². The maximum atomic E-state index is 11.3. The maximum absolute atomic E-state index is 11.3. The van der Waals surface area contributed by atoms with Crippen LogP contribution < -0.4 is 5.32 Å². The van der Waals surface area contributed by atoms with Gasteiger partial charge in [0.2, 0.25) is 0 Å². The van der Waals surface area contributed by atoms with Crippen LogP contribution in [-0.2, 0) is 19.1 Å². The van der Waals surface area contributed by atoms with Gasteiger partial charge in [0.15, 0.2) is 0 Å². The topological polar surface area (TPSA) is 64.6 Å². The SMILES string of the molecule is CCOC(=O)CC(C)N[C@H](C)C(=O)OCC. The fraction of sp³-hybridized carbons (Fsp3) is 0.818. The number of carbonyl (C=O) groups is 2. The Balaban J connectivity index is 3.90. The molecule has 0 aromatic rings. The number of esters is 2. The zero-order valence-corrected chi connectivity index (χ0v) is 10.4. The molecule has 0 rings (SSSR count). The van der Waals surface area contributed by atoms with Crippen molar-refractivity contribution in [2.24, 2.45) is 0 Å². The third-order valence-electron chi connectivity index (χ3n) is 1.95. The fourth-order valence-electron chi connectivity index (χ4n) is 1.29. The van der Waals surface area contributed by atoms with Crippen LogP contribution in [0.15, 0.2) is 0 Å². The van der Waals surface area contributed by atoms with Gasteiger partial charge < -0.3 is 14.8 Å². The summed E-state index contributed by atoms with van der Waals surface area (Å²) in [5.74, 6) is -0.572. The molecule has 0 aliphatic heterocycles. The molecule has 0 heterocycles. The van der Waals surface area contributed by atoms with Gasteiger partial charge >= 0.3 is 11.9 Å². The molecule has 0 amide bonds. The lowest BCUT2D eigenvalue weighted by molar-refractivity contribution is -0.147.